The summed E-state index contributed by atoms with van der Waals surface area (Å²) in [7, 11) is 0. The van der Waals surface area contributed by atoms with Gasteiger partial charge < -0.3 is 0 Å². The Kier molecular flexibility index (Phi) is 5.55. The van der Waals surface area contributed by atoms with E-state index in [1.807, 2.05) is 97.2 Å². The van der Waals surface area contributed by atoms with Crippen LogP contribution >= 0.6 is 0 Å². The Morgan fingerprint density at radius 1 is 0.703 bits per heavy atom. The third kappa shape index (κ3) is 4.21. The van der Waals surface area contributed by atoms with Crippen LogP contribution < -0.4 is 8.56 Å². The predicted octanol–water partition coefficient (Wildman–Crippen LogP) is 6.97. The molecule has 1 N–H and O–H groups in total. The van der Waals surface area contributed by atoms with E-state index in [0.29, 0.717) is 17.2 Å². The Morgan fingerprint density at radius 3 is 2.46 bits per heavy atom. The van der Waals surface area contributed by atoms with Gasteiger partial charge in [-0.3, -0.25) is 0 Å². The van der Waals surface area contributed by atoms with Crippen LogP contribution in [0.3, 0.4) is 0 Å². The van der Waals surface area contributed by atoms with Crippen LogP contribution in [0.2, 0.25) is 0 Å². The molecule has 6 nitrogen and oxygen atoms in total. The second-order valence-electron chi connectivity index (χ2n) is 8.67. The Bertz CT molecular complexity index is 1760. The average molecular weight is 585 g/mol. The monoisotopic (exact) mass is 585 g/mol. The molecule has 5 aromatic carbocycles. The second kappa shape index (κ2) is 9.33. The first-order valence-electron chi connectivity index (χ1n) is 12.0. The SMILES string of the molecule is C1=Nc2ccccc2[O][In]([O]c2ccccc2-c2nc3ccccc3[nH]2)[O]c2ccc3ccccc3c21. The van der Waals surface area contributed by atoms with Gasteiger partial charge in [-0.15, -0.1) is 0 Å². The molecule has 176 valence electrons. The average Bonchev–Trinajstić information content (AvgIpc) is 3.39. The minimum atomic E-state index is -3.71. The van der Waals surface area contributed by atoms with E-state index < -0.39 is 22.7 Å². The van der Waals surface area contributed by atoms with E-state index in [-0.39, 0.29) is 0 Å². The number of fused-ring (bicyclic) bond motifs is 5. The fourth-order valence-corrected chi connectivity index (χ4v) is 8.47. The molecule has 0 fully saturated rings. The van der Waals surface area contributed by atoms with Crippen molar-refractivity contribution in [3.05, 3.63) is 115 Å². The van der Waals surface area contributed by atoms with Gasteiger partial charge in [0.05, 0.1) is 0 Å². The molecule has 7 heteroatoms. The van der Waals surface area contributed by atoms with E-state index in [2.05, 4.69) is 23.2 Å². The first-order chi connectivity index (χ1) is 18.3. The van der Waals surface area contributed by atoms with E-state index in [1.165, 1.54) is 0 Å². The van der Waals surface area contributed by atoms with Gasteiger partial charge in [0.25, 0.3) is 0 Å². The maximum absolute atomic E-state index is 6.60. The van der Waals surface area contributed by atoms with Crippen molar-refractivity contribution >= 4 is 56.5 Å². The van der Waals surface area contributed by atoms with Crippen molar-refractivity contribution in [2.24, 2.45) is 4.99 Å². The van der Waals surface area contributed by atoms with E-state index >= 15 is 0 Å². The van der Waals surface area contributed by atoms with Crippen molar-refractivity contribution < 1.29 is 8.56 Å². The Morgan fingerprint density at radius 2 is 1.49 bits per heavy atom. The molecule has 1 aliphatic heterocycles. The van der Waals surface area contributed by atoms with E-state index in [9.17, 15) is 0 Å². The van der Waals surface area contributed by atoms with Crippen LogP contribution in [0.15, 0.2) is 114 Å². The van der Waals surface area contributed by atoms with Crippen LogP contribution in [-0.4, -0.2) is 38.9 Å². The number of nitrogens with zero attached hydrogens (tertiary/aromatic N) is 2. The van der Waals surface area contributed by atoms with Crippen LogP contribution in [-0.2, 0) is 0 Å². The Hall–Kier alpha value is -4.23. The molecular formula is C30H20InN3O3. The molecule has 0 atom stereocenters. The zero-order valence-corrected chi connectivity index (χ0v) is 23.0. The molecule has 7 rings (SSSR count). The molecule has 1 aromatic heterocycles. The van der Waals surface area contributed by atoms with Crippen LogP contribution in [0, 0.1) is 0 Å². The summed E-state index contributed by atoms with van der Waals surface area (Å²) in [4.78, 5) is 12.9. The standard InChI is InChI=1S/C17H13NO2.C13H10N2O.In/c19-16-10-9-12-5-1-2-6-13(12)14(16)11-18-15-7-3-4-8-17(15)20;16-12-8-4-1-5-9(12)13-14-10-6-2-3-7-11(10)15-13;/h1-11,19-20H;1-8,16H,(H,14,15);/q;;+3/p-3. The third-order valence-electron chi connectivity index (χ3n) is 6.33. The van der Waals surface area contributed by atoms with Crippen molar-refractivity contribution in [1.82, 2.24) is 9.97 Å². The molecule has 0 aliphatic carbocycles. The van der Waals surface area contributed by atoms with E-state index in [0.717, 1.165) is 44.4 Å². The topological polar surface area (TPSA) is 68.7 Å². The summed E-state index contributed by atoms with van der Waals surface area (Å²) in [6.07, 6.45) is 1.86. The number of aliphatic imine (C=N–C) groups is 1. The molecular weight excluding hydrogens is 565 g/mol. The summed E-state index contributed by atoms with van der Waals surface area (Å²) < 4.78 is 19.6. The molecule has 0 bridgehead atoms. The summed E-state index contributed by atoms with van der Waals surface area (Å²) in [5.41, 5.74) is 4.37. The number of hydrogen-bond acceptors (Lipinski definition) is 5. The van der Waals surface area contributed by atoms with Crippen LogP contribution in [0.4, 0.5) is 5.69 Å². The number of benzene rings is 5. The van der Waals surface area contributed by atoms with E-state index in [4.69, 9.17) is 18.5 Å². The van der Waals surface area contributed by atoms with Crippen molar-refractivity contribution in [2.45, 2.75) is 0 Å². The number of imidazole rings is 1. The molecule has 37 heavy (non-hydrogen) atoms. The number of para-hydroxylation sites is 5. The van der Waals surface area contributed by atoms with Gasteiger partial charge >= 0.3 is 223 Å². The molecule has 0 saturated heterocycles. The van der Waals surface area contributed by atoms with Gasteiger partial charge in [0.1, 0.15) is 0 Å². The van der Waals surface area contributed by atoms with Gasteiger partial charge in [0, 0.05) is 0 Å². The summed E-state index contributed by atoms with van der Waals surface area (Å²) in [5, 5.41) is 2.18. The molecule has 0 saturated carbocycles. The number of hydrogen-bond donors (Lipinski definition) is 1. The number of H-pyrrole nitrogens is 1. The quantitative estimate of drug-likeness (QED) is 0.244. The van der Waals surface area contributed by atoms with Crippen LogP contribution in [0.5, 0.6) is 17.2 Å². The number of aromatic amines is 1. The van der Waals surface area contributed by atoms with E-state index in [1.54, 1.807) is 0 Å². The van der Waals surface area contributed by atoms with Gasteiger partial charge in [-0.2, -0.15) is 0 Å². The van der Waals surface area contributed by atoms with Gasteiger partial charge in [-0.05, 0) is 0 Å². The number of nitrogens with one attached hydrogen (secondary N) is 1. The first-order valence-corrected chi connectivity index (χ1v) is 16.0. The van der Waals surface area contributed by atoms with Crippen molar-refractivity contribution in [1.29, 1.82) is 0 Å². The Balaban J connectivity index is 1.32. The summed E-state index contributed by atoms with van der Waals surface area (Å²) >= 11 is -3.71. The second-order valence-corrected chi connectivity index (χ2v) is 12.3. The van der Waals surface area contributed by atoms with Gasteiger partial charge in [0.15, 0.2) is 0 Å². The van der Waals surface area contributed by atoms with Crippen molar-refractivity contribution in [3.63, 3.8) is 0 Å². The maximum atomic E-state index is 6.60. The Labute approximate surface area is 222 Å². The number of aromatic nitrogens is 2. The fourth-order valence-electron chi connectivity index (χ4n) is 4.54. The summed E-state index contributed by atoms with van der Waals surface area (Å²) in [5.74, 6) is 2.76. The van der Waals surface area contributed by atoms with Crippen molar-refractivity contribution in [2.75, 3.05) is 0 Å². The third-order valence-corrected chi connectivity index (χ3v) is 10.2. The molecule has 0 radical (unpaired) electrons. The predicted molar refractivity (Wildman–Crippen MR) is 147 cm³/mol. The molecule has 6 aromatic rings. The fraction of sp³-hybridized carbons (Fsp3) is 0. The summed E-state index contributed by atoms with van der Waals surface area (Å²) in [6, 6.07) is 35.8. The van der Waals surface area contributed by atoms with Gasteiger partial charge in [-0.1, -0.05) is 0 Å². The zero-order valence-electron chi connectivity index (χ0n) is 19.7. The molecule has 1 aliphatic rings. The van der Waals surface area contributed by atoms with Crippen molar-refractivity contribution in [3.8, 4) is 28.6 Å². The van der Waals surface area contributed by atoms with Gasteiger partial charge in [-0.25, -0.2) is 0 Å². The first kappa shape index (κ1) is 22.0. The summed E-state index contributed by atoms with van der Waals surface area (Å²) in [6.45, 7) is 0. The molecule has 0 spiro atoms. The minimum absolute atomic E-state index is 0.651. The van der Waals surface area contributed by atoms with Gasteiger partial charge in [0.2, 0.25) is 0 Å². The normalized spacial score (nSPS) is 12.6. The van der Waals surface area contributed by atoms with Crippen LogP contribution in [0.25, 0.3) is 33.2 Å². The zero-order chi connectivity index (χ0) is 24.6. The molecule has 2 heterocycles. The van der Waals surface area contributed by atoms with Crippen LogP contribution in [0.1, 0.15) is 5.56 Å². The molecule has 0 unspecified atom stereocenters. The molecule has 0 amide bonds. The number of rotatable bonds is 3.